The van der Waals surface area contributed by atoms with E-state index < -0.39 is 17.0 Å². The molecule has 0 aromatic heterocycles. The Morgan fingerprint density at radius 3 is 2.47 bits per heavy atom. The Morgan fingerprint density at radius 1 is 1.41 bits per heavy atom. The van der Waals surface area contributed by atoms with E-state index in [9.17, 15) is 9.00 Å². The van der Waals surface area contributed by atoms with Gasteiger partial charge in [0, 0.05) is 6.26 Å². The van der Waals surface area contributed by atoms with Gasteiger partial charge in [0.15, 0.2) is 0 Å². The molecule has 0 aliphatic heterocycles. The van der Waals surface area contributed by atoms with Crippen molar-refractivity contribution in [1.29, 1.82) is 0 Å². The number of nitrogens with zero attached hydrogens (tertiary/aromatic N) is 1. The van der Waals surface area contributed by atoms with Crippen LogP contribution >= 0.6 is 0 Å². The van der Waals surface area contributed by atoms with Crippen molar-refractivity contribution in [3.05, 3.63) is 29.8 Å². The molecule has 0 amide bonds. The molecule has 0 fully saturated rings. The van der Waals surface area contributed by atoms with Gasteiger partial charge < -0.3 is 5.11 Å². The number of carbonyl (C=O) groups is 1. The molecule has 1 rings (SSSR count). The van der Waals surface area contributed by atoms with Crippen molar-refractivity contribution < 1.29 is 14.1 Å². The zero-order valence-electron chi connectivity index (χ0n) is 10.2. The maximum atomic E-state index is 11.6. The fraction of sp³-hybridized carbons (Fsp3) is 0.417. The van der Waals surface area contributed by atoms with Crippen LogP contribution in [0.15, 0.2) is 24.3 Å². The smallest absolute Gasteiger partial charge is 0.324 e. The quantitative estimate of drug-likeness (QED) is 0.875. The van der Waals surface area contributed by atoms with Crippen molar-refractivity contribution in [2.45, 2.75) is 19.8 Å². The van der Waals surface area contributed by atoms with Gasteiger partial charge in [-0.25, -0.2) is 4.21 Å². The van der Waals surface area contributed by atoms with Crippen molar-refractivity contribution in [2.24, 2.45) is 0 Å². The fourth-order valence-corrected chi connectivity index (χ4v) is 2.38. The Kier molecular flexibility index (Phi) is 4.69. The molecule has 5 heteroatoms. The third kappa shape index (κ3) is 3.56. The second kappa shape index (κ2) is 5.82. The zero-order chi connectivity index (χ0) is 13.0. The molecule has 17 heavy (non-hydrogen) atoms. The van der Waals surface area contributed by atoms with Gasteiger partial charge in [-0.1, -0.05) is 32.0 Å². The predicted octanol–water partition coefficient (Wildman–Crippen LogP) is 1.99. The minimum Gasteiger partial charge on any atom is -0.480 e. The molecule has 0 bridgehead atoms. The molecule has 1 unspecified atom stereocenters. The van der Waals surface area contributed by atoms with E-state index in [1.807, 2.05) is 32.0 Å². The highest BCUT2D eigenvalue weighted by atomic mass is 32.2. The van der Waals surface area contributed by atoms with Crippen molar-refractivity contribution >= 4 is 22.6 Å². The highest BCUT2D eigenvalue weighted by Crippen LogP contribution is 2.27. The minimum absolute atomic E-state index is 0.256. The van der Waals surface area contributed by atoms with E-state index in [-0.39, 0.29) is 12.5 Å². The standard InChI is InChI=1S/C12H17NO3S/c1-9(2)10-6-4-5-7-11(10)13(17(3)16)8-12(14)15/h4-7,9H,8H2,1-3H3,(H,14,15). The van der Waals surface area contributed by atoms with Crippen LogP contribution in [-0.2, 0) is 15.8 Å². The monoisotopic (exact) mass is 255 g/mol. The molecule has 94 valence electrons. The molecule has 1 aromatic carbocycles. The van der Waals surface area contributed by atoms with Crippen LogP contribution in [0.5, 0.6) is 0 Å². The summed E-state index contributed by atoms with van der Waals surface area (Å²) in [6.45, 7) is 3.79. The SMILES string of the molecule is CC(C)c1ccccc1N(CC(=O)O)S(C)=O. The Morgan fingerprint density at radius 2 is 2.00 bits per heavy atom. The third-order valence-electron chi connectivity index (χ3n) is 2.42. The lowest BCUT2D eigenvalue weighted by Crippen LogP contribution is -2.31. The first-order chi connectivity index (χ1) is 7.93. The number of aliphatic carboxylic acids is 1. The van der Waals surface area contributed by atoms with E-state index in [1.165, 1.54) is 10.6 Å². The average Bonchev–Trinajstić information content (AvgIpc) is 2.25. The Bertz CT molecular complexity index is 432. The van der Waals surface area contributed by atoms with Crippen LogP contribution in [0.1, 0.15) is 25.3 Å². The molecule has 0 radical (unpaired) electrons. The van der Waals surface area contributed by atoms with E-state index in [0.717, 1.165) is 11.3 Å². The van der Waals surface area contributed by atoms with E-state index in [1.54, 1.807) is 6.07 Å². The maximum absolute atomic E-state index is 11.6. The summed E-state index contributed by atoms with van der Waals surface area (Å²) in [6, 6.07) is 7.46. The fourth-order valence-electron chi connectivity index (χ4n) is 1.64. The number of benzene rings is 1. The molecule has 0 saturated carbocycles. The van der Waals surface area contributed by atoms with Gasteiger partial charge in [0.25, 0.3) is 0 Å². The summed E-state index contributed by atoms with van der Waals surface area (Å²) in [4.78, 5) is 10.8. The van der Waals surface area contributed by atoms with Gasteiger partial charge in [0.1, 0.15) is 17.5 Å². The van der Waals surface area contributed by atoms with Crippen molar-refractivity contribution in [3.63, 3.8) is 0 Å². The highest BCUT2D eigenvalue weighted by molar-refractivity contribution is 7.85. The molecule has 4 nitrogen and oxygen atoms in total. The van der Waals surface area contributed by atoms with E-state index in [0.29, 0.717) is 0 Å². The Hall–Kier alpha value is -1.36. The molecule has 0 aliphatic carbocycles. The van der Waals surface area contributed by atoms with E-state index >= 15 is 0 Å². The van der Waals surface area contributed by atoms with Gasteiger partial charge in [-0.05, 0) is 17.5 Å². The van der Waals surface area contributed by atoms with E-state index in [2.05, 4.69) is 0 Å². The first-order valence-electron chi connectivity index (χ1n) is 5.35. The lowest BCUT2D eigenvalue weighted by atomic mass is 10.0. The van der Waals surface area contributed by atoms with Crippen LogP contribution in [0.4, 0.5) is 5.69 Å². The summed E-state index contributed by atoms with van der Waals surface area (Å²) in [5.41, 5.74) is 1.73. The van der Waals surface area contributed by atoms with E-state index in [4.69, 9.17) is 5.11 Å². The summed E-state index contributed by atoms with van der Waals surface area (Å²) in [5.74, 6) is -0.732. The van der Waals surface area contributed by atoms with Crippen molar-refractivity contribution in [3.8, 4) is 0 Å². The summed E-state index contributed by atoms with van der Waals surface area (Å²) < 4.78 is 13.0. The number of rotatable bonds is 5. The molecule has 0 saturated heterocycles. The number of carboxylic acids is 1. The van der Waals surface area contributed by atoms with Gasteiger partial charge in [-0.15, -0.1) is 0 Å². The molecule has 0 aliphatic rings. The zero-order valence-corrected chi connectivity index (χ0v) is 11.0. The van der Waals surface area contributed by atoms with Crippen LogP contribution < -0.4 is 4.31 Å². The number of hydrogen-bond donors (Lipinski definition) is 1. The first kappa shape index (κ1) is 13.7. The number of carboxylic acid groups (broad SMARTS) is 1. The second-order valence-electron chi connectivity index (χ2n) is 4.07. The summed E-state index contributed by atoms with van der Waals surface area (Å²) in [7, 11) is -1.35. The molecule has 1 aromatic rings. The minimum atomic E-state index is -1.35. The number of anilines is 1. The summed E-state index contributed by atoms with van der Waals surface area (Å²) in [5, 5.41) is 8.85. The number of hydrogen-bond acceptors (Lipinski definition) is 2. The summed E-state index contributed by atoms with van der Waals surface area (Å²) >= 11 is 0. The van der Waals surface area contributed by atoms with Gasteiger partial charge in [-0.3, -0.25) is 9.10 Å². The van der Waals surface area contributed by atoms with Gasteiger partial charge in [-0.2, -0.15) is 0 Å². The maximum Gasteiger partial charge on any atom is 0.324 e. The molecule has 0 heterocycles. The third-order valence-corrected chi connectivity index (χ3v) is 3.36. The average molecular weight is 255 g/mol. The molecule has 1 atom stereocenters. The lowest BCUT2D eigenvalue weighted by Gasteiger charge is -2.23. The van der Waals surface area contributed by atoms with Crippen LogP contribution in [-0.4, -0.2) is 28.1 Å². The van der Waals surface area contributed by atoms with Crippen LogP contribution in [0.3, 0.4) is 0 Å². The lowest BCUT2D eigenvalue weighted by molar-refractivity contribution is -0.135. The van der Waals surface area contributed by atoms with Gasteiger partial charge in [0.2, 0.25) is 0 Å². The molecule has 0 spiro atoms. The van der Waals surface area contributed by atoms with Crippen molar-refractivity contribution in [1.82, 2.24) is 0 Å². The summed E-state index contributed by atoms with van der Waals surface area (Å²) in [6.07, 6.45) is 1.49. The largest absolute Gasteiger partial charge is 0.480 e. The highest BCUT2D eigenvalue weighted by Gasteiger charge is 2.18. The molecule has 1 N–H and O–H groups in total. The Labute approximate surface area is 104 Å². The first-order valence-corrected chi connectivity index (χ1v) is 6.86. The molecular weight excluding hydrogens is 238 g/mol. The number of para-hydroxylation sites is 1. The Balaban J connectivity index is 3.18. The normalized spacial score (nSPS) is 12.5. The van der Waals surface area contributed by atoms with Crippen LogP contribution in [0.2, 0.25) is 0 Å². The topological polar surface area (TPSA) is 57.6 Å². The van der Waals surface area contributed by atoms with Crippen LogP contribution in [0.25, 0.3) is 0 Å². The van der Waals surface area contributed by atoms with Crippen LogP contribution in [0, 0.1) is 0 Å². The second-order valence-corrected chi connectivity index (χ2v) is 5.36. The molecular formula is C12H17NO3S. The van der Waals surface area contributed by atoms with Gasteiger partial charge >= 0.3 is 5.97 Å². The van der Waals surface area contributed by atoms with Crippen molar-refractivity contribution in [2.75, 3.05) is 17.1 Å². The predicted molar refractivity (Wildman–Crippen MR) is 69.6 cm³/mol. The van der Waals surface area contributed by atoms with Gasteiger partial charge in [0.05, 0.1) is 5.69 Å².